The predicted octanol–water partition coefficient (Wildman–Crippen LogP) is 2.37. The van der Waals surface area contributed by atoms with E-state index in [9.17, 15) is 14.4 Å². The van der Waals surface area contributed by atoms with Gasteiger partial charge in [-0.25, -0.2) is 9.78 Å². The topological polar surface area (TPSA) is 102 Å². The number of urea groups is 1. The lowest BCUT2D eigenvalue weighted by Crippen LogP contribution is -2.41. The summed E-state index contributed by atoms with van der Waals surface area (Å²) in [6.07, 6.45) is 4.01. The fraction of sp³-hybridized carbons (Fsp3) is 0.391. The van der Waals surface area contributed by atoms with Crippen molar-refractivity contribution in [1.82, 2.24) is 19.6 Å². The van der Waals surface area contributed by atoms with E-state index in [0.29, 0.717) is 40.9 Å². The minimum Gasteiger partial charge on any atom is -0.486 e. The summed E-state index contributed by atoms with van der Waals surface area (Å²) in [6.45, 7) is 2.49. The third-order valence-electron chi connectivity index (χ3n) is 6.53. The van der Waals surface area contributed by atoms with Crippen LogP contribution in [-0.2, 0) is 29.7 Å². The average Bonchev–Trinajstić information content (AvgIpc) is 3.29. The quantitative estimate of drug-likeness (QED) is 0.595. The molecule has 3 aromatic rings. The van der Waals surface area contributed by atoms with Crippen molar-refractivity contribution >= 4 is 28.2 Å². The number of ether oxygens (including phenoxy) is 2. The average molecular weight is 467 g/mol. The Labute approximate surface area is 192 Å². The van der Waals surface area contributed by atoms with Crippen LogP contribution in [0.3, 0.4) is 0 Å². The standard InChI is InChI=1S/C23H22N4O5S/c1-23(13-6-7-16-17(10-13)32-9-8-31-16)20(29)26(21(30)25-23)12-14-11-19(28)27-15-4-2-3-5-18(15)33-22(27)24-14/h6-7,10-11H,2-5,8-9,12H2,1H3,(H,25,30). The number of fused-ring (bicyclic) bond motifs is 4. The summed E-state index contributed by atoms with van der Waals surface area (Å²) in [4.78, 5) is 46.6. The van der Waals surface area contributed by atoms with E-state index >= 15 is 0 Å². The van der Waals surface area contributed by atoms with E-state index in [1.165, 1.54) is 22.3 Å². The fourth-order valence-corrected chi connectivity index (χ4v) is 6.01. The number of aromatic nitrogens is 2. The zero-order valence-electron chi connectivity index (χ0n) is 18.1. The SMILES string of the molecule is CC1(c2ccc3c(c2)OCCO3)NC(=O)N(Cc2cc(=O)n3c4c(sc3n2)CCCC4)C1=O. The van der Waals surface area contributed by atoms with Crippen molar-refractivity contribution < 1.29 is 19.1 Å². The maximum atomic E-state index is 13.4. The number of nitrogens with one attached hydrogen (secondary N) is 1. The number of aryl methyl sites for hydroxylation is 2. The Hall–Kier alpha value is -3.40. The summed E-state index contributed by atoms with van der Waals surface area (Å²) in [7, 11) is 0. The van der Waals surface area contributed by atoms with Crippen molar-refractivity contribution in [2.75, 3.05) is 13.2 Å². The van der Waals surface area contributed by atoms with Gasteiger partial charge in [-0.15, -0.1) is 11.3 Å². The third kappa shape index (κ3) is 3.12. The number of nitrogens with zero attached hydrogens (tertiary/aromatic N) is 3. The number of carbonyl (C=O) groups is 2. The normalized spacial score (nSPS) is 21.9. The molecule has 0 saturated carbocycles. The molecule has 1 fully saturated rings. The van der Waals surface area contributed by atoms with Gasteiger partial charge in [0.15, 0.2) is 16.5 Å². The third-order valence-corrected chi connectivity index (χ3v) is 7.67. The molecule has 9 nitrogen and oxygen atoms in total. The highest BCUT2D eigenvalue weighted by atomic mass is 32.1. The van der Waals surface area contributed by atoms with Crippen LogP contribution in [-0.4, -0.2) is 39.4 Å². The van der Waals surface area contributed by atoms with E-state index in [2.05, 4.69) is 10.3 Å². The Morgan fingerprint density at radius 3 is 2.73 bits per heavy atom. The first-order valence-corrected chi connectivity index (χ1v) is 11.8. The van der Waals surface area contributed by atoms with Gasteiger partial charge < -0.3 is 14.8 Å². The molecule has 10 heteroatoms. The molecular weight excluding hydrogens is 444 g/mol. The molecule has 4 heterocycles. The second kappa shape index (κ2) is 7.31. The number of hydrogen-bond donors (Lipinski definition) is 1. The Bertz CT molecular complexity index is 1380. The molecule has 2 aromatic heterocycles. The van der Waals surface area contributed by atoms with Gasteiger partial charge in [0.05, 0.1) is 12.2 Å². The smallest absolute Gasteiger partial charge is 0.325 e. The summed E-state index contributed by atoms with van der Waals surface area (Å²) >= 11 is 1.52. The summed E-state index contributed by atoms with van der Waals surface area (Å²) in [5, 5.41) is 2.80. The molecule has 0 bridgehead atoms. The van der Waals surface area contributed by atoms with Gasteiger partial charge in [0.2, 0.25) is 0 Å². The van der Waals surface area contributed by atoms with Crippen LogP contribution in [0.15, 0.2) is 29.1 Å². The van der Waals surface area contributed by atoms with Crippen LogP contribution >= 0.6 is 11.3 Å². The number of hydrogen-bond acceptors (Lipinski definition) is 7. The van der Waals surface area contributed by atoms with Crippen LogP contribution in [0.4, 0.5) is 4.79 Å². The summed E-state index contributed by atoms with van der Waals surface area (Å²) < 4.78 is 12.9. The number of thiazole rings is 1. The lowest BCUT2D eigenvalue weighted by atomic mass is 9.91. The Balaban J connectivity index is 1.31. The molecule has 170 valence electrons. The molecule has 1 N–H and O–H groups in total. The Morgan fingerprint density at radius 1 is 1.09 bits per heavy atom. The second-order valence-corrected chi connectivity index (χ2v) is 9.75. The van der Waals surface area contributed by atoms with E-state index in [0.717, 1.165) is 36.3 Å². The van der Waals surface area contributed by atoms with Gasteiger partial charge >= 0.3 is 6.03 Å². The molecule has 1 aromatic carbocycles. The first-order chi connectivity index (χ1) is 15.9. The molecule has 1 atom stereocenters. The zero-order chi connectivity index (χ0) is 22.7. The second-order valence-electron chi connectivity index (χ2n) is 8.69. The highest BCUT2D eigenvalue weighted by Gasteiger charge is 2.49. The van der Waals surface area contributed by atoms with Crippen LogP contribution in [0.25, 0.3) is 4.96 Å². The van der Waals surface area contributed by atoms with Gasteiger partial charge in [-0.2, -0.15) is 0 Å². The number of amides is 3. The van der Waals surface area contributed by atoms with Gasteiger partial charge in [0.1, 0.15) is 18.8 Å². The number of rotatable bonds is 3. The van der Waals surface area contributed by atoms with Crippen LogP contribution in [0.5, 0.6) is 11.5 Å². The first kappa shape index (κ1) is 20.2. The maximum absolute atomic E-state index is 13.4. The molecule has 3 amide bonds. The molecule has 6 rings (SSSR count). The van der Waals surface area contributed by atoms with Crippen molar-refractivity contribution in [1.29, 1.82) is 0 Å². The first-order valence-electron chi connectivity index (χ1n) is 11.0. The van der Waals surface area contributed by atoms with Crippen molar-refractivity contribution in [3.8, 4) is 11.5 Å². The van der Waals surface area contributed by atoms with Crippen molar-refractivity contribution in [3.63, 3.8) is 0 Å². The Kier molecular flexibility index (Phi) is 4.48. The lowest BCUT2D eigenvalue weighted by Gasteiger charge is -2.25. The predicted molar refractivity (Wildman–Crippen MR) is 120 cm³/mol. The number of benzene rings is 1. The van der Waals surface area contributed by atoms with Gasteiger partial charge in [-0.3, -0.25) is 18.9 Å². The summed E-state index contributed by atoms with van der Waals surface area (Å²) in [5.74, 6) is 0.748. The minimum atomic E-state index is -1.26. The van der Waals surface area contributed by atoms with Crippen LogP contribution < -0.4 is 20.3 Å². The van der Waals surface area contributed by atoms with Crippen molar-refractivity contribution in [3.05, 3.63) is 56.4 Å². The highest BCUT2D eigenvalue weighted by molar-refractivity contribution is 7.17. The minimum absolute atomic E-state index is 0.0703. The zero-order valence-corrected chi connectivity index (χ0v) is 18.9. The van der Waals surface area contributed by atoms with Gasteiger partial charge in [0.25, 0.3) is 11.5 Å². The fourth-order valence-electron chi connectivity index (χ4n) is 4.78. The monoisotopic (exact) mass is 466 g/mol. The van der Waals surface area contributed by atoms with Gasteiger partial charge in [-0.05, 0) is 50.3 Å². The Morgan fingerprint density at radius 2 is 1.88 bits per heavy atom. The number of imide groups is 1. The van der Waals surface area contributed by atoms with E-state index in [-0.39, 0.29) is 12.1 Å². The van der Waals surface area contributed by atoms with Crippen molar-refractivity contribution in [2.45, 2.75) is 44.7 Å². The highest BCUT2D eigenvalue weighted by Crippen LogP contribution is 2.37. The molecule has 2 aliphatic heterocycles. The molecule has 1 unspecified atom stereocenters. The molecule has 3 aliphatic rings. The van der Waals surface area contributed by atoms with Gasteiger partial charge in [-0.1, -0.05) is 6.07 Å². The molecule has 1 saturated heterocycles. The van der Waals surface area contributed by atoms with Crippen molar-refractivity contribution in [2.24, 2.45) is 0 Å². The molecular formula is C23H22N4O5S. The summed E-state index contributed by atoms with van der Waals surface area (Å²) in [5.41, 5.74) is 0.617. The van der Waals surface area contributed by atoms with E-state index in [1.54, 1.807) is 29.5 Å². The van der Waals surface area contributed by atoms with E-state index in [1.807, 2.05) is 0 Å². The van der Waals surface area contributed by atoms with E-state index in [4.69, 9.17) is 9.47 Å². The maximum Gasteiger partial charge on any atom is 0.325 e. The lowest BCUT2D eigenvalue weighted by molar-refractivity contribution is -0.131. The molecule has 0 radical (unpaired) electrons. The molecule has 0 spiro atoms. The largest absolute Gasteiger partial charge is 0.486 e. The summed E-state index contributed by atoms with van der Waals surface area (Å²) in [6, 6.07) is 6.12. The molecule has 1 aliphatic carbocycles. The van der Waals surface area contributed by atoms with Crippen LogP contribution in [0, 0.1) is 0 Å². The van der Waals surface area contributed by atoms with Gasteiger partial charge in [0, 0.05) is 16.6 Å². The molecule has 33 heavy (non-hydrogen) atoms. The van der Waals surface area contributed by atoms with E-state index < -0.39 is 17.5 Å². The number of carbonyl (C=O) groups excluding carboxylic acids is 2. The van der Waals surface area contributed by atoms with Crippen LogP contribution in [0.2, 0.25) is 0 Å². The van der Waals surface area contributed by atoms with Crippen LogP contribution in [0.1, 0.15) is 41.6 Å².